The van der Waals surface area contributed by atoms with Crippen molar-refractivity contribution >= 4 is 27.5 Å². The first-order chi connectivity index (χ1) is 8.36. The van der Waals surface area contributed by atoms with Crippen LogP contribution in [0.1, 0.15) is 5.82 Å². The van der Waals surface area contributed by atoms with E-state index in [1.54, 1.807) is 0 Å². The molecule has 3 nitrogen and oxygen atoms in total. The van der Waals surface area contributed by atoms with Gasteiger partial charge in [0.2, 0.25) is 0 Å². The lowest BCUT2D eigenvalue weighted by Gasteiger charge is -2.03. The summed E-state index contributed by atoms with van der Waals surface area (Å²) in [4.78, 5) is 3.16. The Morgan fingerprint density at radius 3 is 2.61 bits per heavy atom. The SMILES string of the molecule is Fc1ccc(Br)c(Oc2nc(C(F)(F)F)ns2)c1. The summed E-state index contributed by atoms with van der Waals surface area (Å²) in [6.45, 7) is 0. The predicted molar refractivity (Wildman–Crippen MR) is 59.1 cm³/mol. The smallest absolute Gasteiger partial charge is 0.429 e. The molecule has 0 amide bonds. The maximum absolute atomic E-state index is 12.9. The molecule has 2 rings (SSSR count). The van der Waals surface area contributed by atoms with Crippen LogP contribution in [0.3, 0.4) is 0 Å². The van der Waals surface area contributed by atoms with Gasteiger partial charge in [-0.1, -0.05) is 0 Å². The molecule has 0 radical (unpaired) electrons. The van der Waals surface area contributed by atoms with Gasteiger partial charge in [-0.05, 0) is 28.1 Å². The van der Waals surface area contributed by atoms with Gasteiger partial charge < -0.3 is 4.74 Å². The van der Waals surface area contributed by atoms with Crippen LogP contribution in [0, 0.1) is 5.82 Å². The second kappa shape index (κ2) is 4.81. The van der Waals surface area contributed by atoms with Crippen LogP contribution in [0.5, 0.6) is 10.9 Å². The van der Waals surface area contributed by atoms with E-state index in [0.717, 1.165) is 6.07 Å². The summed E-state index contributed by atoms with van der Waals surface area (Å²) in [6.07, 6.45) is -4.63. The monoisotopic (exact) mass is 342 g/mol. The number of halogens is 5. The van der Waals surface area contributed by atoms with E-state index in [9.17, 15) is 17.6 Å². The zero-order chi connectivity index (χ0) is 13.3. The van der Waals surface area contributed by atoms with Crippen LogP contribution < -0.4 is 4.74 Å². The van der Waals surface area contributed by atoms with Gasteiger partial charge in [0.05, 0.1) is 4.47 Å². The van der Waals surface area contributed by atoms with Crippen molar-refractivity contribution in [2.45, 2.75) is 6.18 Å². The van der Waals surface area contributed by atoms with Crippen molar-refractivity contribution in [2.75, 3.05) is 0 Å². The lowest BCUT2D eigenvalue weighted by molar-refractivity contribution is -0.144. The van der Waals surface area contributed by atoms with Crippen molar-refractivity contribution in [3.63, 3.8) is 0 Å². The molecular formula is C9H3BrF4N2OS. The number of ether oxygens (including phenoxy) is 1. The number of aromatic nitrogens is 2. The molecule has 0 atom stereocenters. The van der Waals surface area contributed by atoms with Crippen molar-refractivity contribution in [3.8, 4) is 10.9 Å². The van der Waals surface area contributed by atoms with Crippen LogP contribution >= 0.6 is 27.5 Å². The van der Waals surface area contributed by atoms with Crippen molar-refractivity contribution in [2.24, 2.45) is 0 Å². The third-order valence-electron chi connectivity index (χ3n) is 1.75. The van der Waals surface area contributed by atoms with E-state index in [2.05, 4.69) is 25.3 Å². The largest absolute Gasteiger partial charge is 0.452 e. The molecular weight excluding hydrogens is 340 g/mol. The Hall–Kier alpha value is -1.22. The van der Waals surface area contributed by atoms with Gasteiger partial charge in [0.15, 0.2) is 0 Å². The fourth-order valence-electron chi connectivity index (χ4n) is 1.02. The van der Waals surface area contributed by atoms with Crippen LogP contribution in [-0.2, 0) is 6.18 Å². The number of hydrogen-bond donors (Lipinski definition) is 0. The van der Waals surface area contributed by atoms with Crippen LogP contribution in [0.25, 0.3) is 0 Å². The van der Waals surface area contributed by atoms with Crippen molar-refractivity contribution in [1.29, 1.82) is 0 Å². The molecule has 1 aromatic heterocycles. The molecule has 1 heterocycles. The van der Waals surface area contributed by atoms with E-state index in [4.69, 9.17) is 4.74 Å². The van der Waals surface area contributed by atoms with Crippen molar-refractivity contribution in [1.82, 2.24) is 9.36 Å². The first kappa shape index (κ1) is 13.2. The maximum atomic E-state index is 12.9. The molecule has 0 spiro atoms. The van der Waals surface area contributed by atoms with E-state index in [-0.39, 0.29) is 10.9 Å². The lowest BCUT2D eigenvalue weighted by Crippen LogP contribution is -2.06. The summed E-state index contributed by atoms with van der Waals surface area (Å²) >= 11 is 3.52. The predicted octanol–water partition coefficient (Wildman–Crippen LogP) is 4.25. The van der Waals surface area contributed by atoms with Crippen LogP contribution in [0.15, 0.2) is 22.7 Å². The number of benzene rings is 1. The topological polar surface area (TPSA) is 35.0 Å². The van der Waals surface area contributed by atoms with E-state index in [0.29, 0.717) is 16.0 Å². The number of rotatable bonds is 2. The van der Waals surface area contributed by atoms with E-state index in [1.807, 2.05) is 0 Å². The van der Waals surface area contributed by atoms with Gasteiger partial charge in [-0.25, -0.2) is 4.39 Å². The third-order valence-corrected chi connectivity index (χ3v) is 3.00. The molecule has 0 unspecified atom stereocenters. The zero-order valence-electron chi connectivity index (χ0n) is 8.33. The van der Waals surface area contributed by atoms with Crippen molar-refractivity contribution in [3.05, 3.63) is 34.3 Å². The van der Waals surface area contributed by atoms with Gasteiger partial charge >= 0.3 is 6.18 Å². The quantitative estimate of drug-likeness (QED) is 0.765. The minimum atomic E-state index is -4.63. The second-order valence-corrected chi connectivity index (χ2v) is 4.63. The molecule has 0 saturated carbocycles. The number of nitrogens with zero attached hydrogens (tertiary/aromatic N) is 2. The molecule has 18 heavy (non-hydrogen) atoms. The summed E-state index contributed by atoms with van der Waals surface area (Å²) in [5, 5.41) is -0.311. The van der Waals surface area contributed by atoms with Gasteiger partial charge in [0.1, 0.15) is 11.6 Å². The summed E-state index contributed by atoms with van der Waals surface area (Å²) in [7, 11) is 0. The van der Waals surface area contributed by atoms with Gasteiger partial charge in [0.25, 0.3) is 11.0 Å². The first-order valence-corrected chi connectivity index (χ1v) is 5.97. The highest BCUT2D eigenvalue weighted by Crippen LogP contribution is 2.34. The number of alkyl halides is 3. The molecule has 2 aromatic rings. The summed E-state index contributed by atoms with van der Waals surface area (Å²) in [5.74, 6) is -1.83. The minimum absolute atomic E-state index is 0.0277. The molecule has 96 valence electrons. The molecule has 0 aliphatic heterocycles. The molecule has 0 fully saturated rings. The Morgan fingerprint density at radius 2 is 2.00 bits per heavy atom. The Kier molecular flexibility index (Phi) is 3.53. The Labute approximate surface area is 111 Å². The highest BCUT2D eigenvalue weighted by molar-refractivity contribution is 9.10. The normalized spacial score (nSPS) is 11.6. The summed E-state index contributed by atoms with van der Waals surface area (Å²) in [6, 6.07) is 3.58. The standard InChI is InChI=1S/C9H3BrF4N2OS/c10-5-2-1-4(11)3-6(5)17-8-15-7(16-18-8)9(12,13)14/h1-3H. The number of hydrogen-bond acceptors (Lipinski definition) is 4. The van der Waals surface area contributed by atoms with Crippen LogP contribution in [0.4, 0.5) is 17.6 Å². The molecule has 9 heteroatoms. The Balaban J connectivity index is 2.24. The molecule has 0 bridgehead atoms. The lowest BCUT2D eigenvalue weighted by atomic mass is 10.3. The Bertz CT molecular complexity index is 572. The maximum Gasteiger partial charge on any atom is 0.452 e. The molecule has 1 aromatic carbocycles. The molecule has 0 aliphatic carbocycles. The zero-order valence-corrected chi connectivity index (χ0v) is 10.7. The highest BCUT2D eigenvalue weighted by Gasteiger charge is 2.36. The molecule has 0 saturated heterocycles. The second-order valence-electron chi connectivity index (χ2n) is 3.06. The average molecular weight is 343 g/mol. The minimum Gasteiger partial charge on any atom is -0.429 e. The third kappa shape index (κ3) is 2.96. The van der Waals surface area contributed by atoms with E-state index in [1.165, 1.54) is 12.1 Å². The van der Waals surface area contributed by atoms with Gasteiger partial charge in [-0.2, -0.15) is 22.5 Å². The average Bonchev–Trinajstić information content (AvgIpc) is 2.71. The molecule has 0 aliphatic rings. The van der Waals surface area contributed by atoms with Crippen LogP contribution in [-0.4, -0.2) is 9.36 Å². The highest BCUT2D eigenvalue weighted by atomic mass is 79.9. The van der Waals surface area contributed by atoms with Gasteiger partial charge in [0, 0.05) is 17.6 Å². The van der Waals surface area contributed by atoms with E-state index < -0.39 is 17.8 Å². The Morgan fingerprint density at radius 1 is 1.28 bits per heavy atom. The summed E-state index contributed by atoms with van der Waals surface area (Å²) < 4.78 is 58.2. The summed E-state index contributed by atoms with van der Waals surface area (Å²) in [5.41, 5.74) is 0. The fourth-order valence-corrected chi connectivity index (χ4v) is 1.91. The van der Waals surface area contributed by atoms with Gasteiger partial charge in [-0.15, -0.1) is 0 Å². The van der Waals surface area contributed by atoms with Crippen molar-refractivity contribution < 1.29 is 22.3 Å². The van der Waals surface area contributed by atoms with Gasteiger partial charge in [-0.3, -0.25) is 0 Å². The first-order valence-electron chi connectivity index (χ1n) is 4.40. The van der Waals surface area contributed by atoms with E-state index >= 15 is 0 Å². The molecule has 0 N–H and O–H groups in total. The van der Waals surface area contributed by atoms with Crippen LogP contribution in [0.2, 0.25) is 0 Å². The fraction of sp³-hybridized carbons (Fsp3) is 0.111.